The van der Waals surface area contributed by atoms with Crippen LogP contribution in [0.5, 0.6) is 5.75 Å². The lowest BCUT2D eigenvalue weighted by Crippen LogP contribution is -2.56. The van der Waals surface area contributed by atoms with E-state index in [4.69, 9.17) is 0 Å². The van der Waals surface area contributed by atoms with Gasteiger partial charge in [0.25, 0.3) is 5.91 Å². The molecule has 0 unspecified atom stereocenters. The lowest BCUT2D eigenvalue weighted by molar-refractivity contribution is -0.274. The highest BCUT2D eigenvalue weighted by Crippen LogP contribution is 2.55. The molecule has 238 valence electrons. The fraction of sp³-hybridized carbons (Fsp3) is 0.394. The molecule has 0 radical (unpaired) electrons. The van der Waals surface area contributed by atoms with Crippen LogP contribution in [0.2, 0.25) is 0 Å². The third-order valence-electron chi connectivity index (χ3n) is 8.83. The highest BCUT2D eigenvalue weighted by atomic mass is 19.4. The van der Waals surface area contributed by atoms with Crippen molar-refractivity contribution in [2.24, 2.45) is 5.92 Å². The summed E-state index contributed by atoms with van der Waals surface area (Å²) in [6.07, 6.45) is 0.119. The summed E-state index contributed by atoms with van der Waals surface area (Å²) in [5, 5.41) is 2.84. The monoisotopic (exact) mass is 627 g/mol. The maximum absolute atomic E-state index is 15.6. The van der Waals surface area contributed by atoms with Crippen LogP contribution in [-0.2, 0) is 13.0 Å². The second kappa shape index (κ2) is 11.9. The van der Waals surface area contributed by atoms with Crippen molar-refractivity contribution in [2.75, 3.05) is 29.4 Å². The topological polar surface area (TPSA) is 62.1 Å². The van der Waals surface area contributed by atoms with Crippen LogP contribution in [-0.4, -0.2) is 46.8 Å². The number of ether oxygens (including phenoxy) is 1. The molecular formula is C33H34F5N5O2. The van der Waals surface area contributed by atoms with Crippen molar-refractivity contribution in [3.63, 3.8) is 0 Å². The number of rotatable bonds is 9. The normalized spacial score (nSPS) is 19.8. The van der Waals surface area contributed by atoms with E-state index in [2.05, 4.69) is 26.9 Å². The molecule has 1 aliphatic heterocycles. The van der Waals surface area contributed by atoms with E-state index in [1.54, 1.807) is 28.7 Å². The summed E-state index contributed by atoms with van der Waals surface area (Å²) in [5.74, 6) is -1.11. The summed E-state index contributed by atoms with van der Waals surface area (Å²) in [4.78, 5) is 21.8. The first-order valence-electron chi connectivity index (χ1n) is 15.1. The quantitative estimate of drug-likeness (QED) is 0.205. The van der Waals surface area contributed by atoms with Crippen LogP contribution < -0.4 is 19.9 Å². The van der Waals surface area contributed by atoms with Crippen molar-refractivity contribution in [3.8, 4) is 5.75 Å². The molecule has 7 nitrogen and oxygen atoms in total. The molecule has 0 bridgehead atoms. The number of piperazine rings is 1. The van der Waals surface area contributed by atoms with E-state index in [0.29, 0.717) is 60.3 Å². The first-order valence-corrected chi connectivity index (χ1v) is 15.1. The number of hydrogen-bond acceptors (Lipinski definition) is 5. The van der Waals surface area contributed by atoms with E-state index in [9.17, 15) is 22.4 Å². The first-order chi connectivity index (χ1) is 21.5. The largest absolute Gasteiger partial charge is 0.573 e. The summed E-state index contributed by atoms with van der Waals surface area (Å²) in [6, 6.07) is 13.4. The van der Waals surface area contributed by atoms with Crippen LogP contribution in [0, 0.1) is 17.6 Å². The van der Waals surface area contributed by atoms with Gasteiger partial charge in [0.15, 0.2) is 0 Å². The Morgan fingerprint density at radius 2 is 1.84 bits per heavy atom. The number of alkyl halides is 3. The minimum absolute atomic E-state index is 0.0952. The van der Waals surface area contributed by atoms with E-state index in [1.807, 2.05) is 11.8 Å². The van der Waals surface area contributed by atoms with Crippen molar-refractivity contribution < 1.29 is 31.5 Å². The van der Waals surface area contributed by atoms with E-state index in [1.165, 1.54) is 36.5 Å². The predicted molar refractivity (Wildman–Crippen MR) is 161 cm³/mol. The molecule has 2 aromatic heterocycles. The van der Waals surface area contributed by atoms with Crippen LogP contribution in [0.3, 0.4) is 0 Å². The van der Waals surface area contributed by atoms with Crippen molar-refractivity contribution in [1.82, 2.24) is 14.7 Å². The maximum atomic E-state index is 15.6. The maximum Gasteiger partial charge on any atom is 0.573 e. The average Bonchev–Trinajstić information content (AvgIpc) is 3.52. The van der Waals surface area contributed by atoms with Gasteiger partial charge in [-0.05, 0) is 73.2 Å². The number of carbonyl (C=O) groups is 1. The zero-order valence-electron chi connectivity index (χ0n) is 25.0. The summed E-state index contributed by atoms with van der Waals surface area (Å²) in [7, 11) is 0. The molecule has 1 saturated carbocycles. The van der Waals surface area contributed by atoms with Gasteiger partial charge in [-0.3, -0.25) is 9.20 Å². The molecule has 1 N–H and O–H groups in total. The number of benzene rings is 2. The molecule has 12 heteroatoms. The van der Waals surface area contributed by atoms with Crippen molar-refractivity contribution in [1.29, 1.82) is 0 Å². The highest BCUT2D eigenvalue weighted by molar-refractivity contribution is 5.94. The zero-order chi connectivity index (χ0) is 31.9. The minimum atomic E-state index is -4.75. The number of nitrogens with zero attached hydrogens (tertiary/aromatic N) is 4. The number of aromatic nitrogens is 2. The fourth-order valence-corrected chi connectivity index (χ4v) is 6.71. The molecule has 2 aliphatic rings. The zero-order valence-corrected chi connectivity index (χ0v) is 25.0. The van der Waals surface area contributed by atoms with Gasteiger partial charge in [-0.2, -0.15) is 0 Å². The van der Waals surface area contributed by atoms with Gasteiger partial charge in [0.05, 0.1) is 16.9 Å². The standard InChI is InChI=1S/C33H34F5N5O2/c1-3-5-22-18-32(22)20-41(14-15-43(32)24-7-9-25(10-8-24)45-33(36,37)38)28-11-6-21(16-26(28)35)19-39-31(44)30-27(4-2)40-29-17-23(34)12-13-42(29)30/h6-13,16-17,22H,3-5,14-15,18-20H2,1-2H3,(H,39,44)/t22-,32-/m0/s1. The van der Waals surface area contributed by atoms with Crippen LogP contribution in [0.4, 0.5) is 33.3 Å². The molecule has 1 spiro atoms. The van der Waals surface area contributed by atoms with Gasteiger partial charge in [-0.25, -0.2) is 13.8 Å². The molecular weight excluding hydrogens is 593 g/mol. The van der Waals surface area contributed by atoms with Gasteiger partial charge in [0.1, 0.15) is 28.7 Å². The number of fused-ring (bicyclic) bond motifs is 1. The summed E-state index contributed by atoms with van der Waals surface area (Å²) >= 11 is 0. The van der Waals surface area contributed by atoms with E-state index in [0.717, 1.165) is 24.9 Å². The van der Waals surface area contributed by atoms with Gasteiger partial charge in [-0.1, -0.05) is 26.3 Å². The number of aryl methyl sites for hydroxylation is 1. The number of halogens is 5. The third-order valence-corrected chi connectivity index (χ3v) is 8.83. The van der Waals surface area contributed by atoms with Crippen LogP contribution in [0.15, 0.2) is 60.8 Å². The molecule has 45 heavy (non-hydrogen) atoms. The Bertz CT molecular complexity index is 1710. The number of hydrogen-bond donors (Lipinski definition) is 1. The van der Waals surface area contributed by atoms with Crippen LogP contribution >= 0.6 is 0 Å². The summed E-state index contributed by atoms with van der Waals surface area (Å²) in [6.45, 7) is 5.78. The molecule has 6 rings (SSSR count). The number of pyridine rings is 1. The molecule has 2 atom stereocenters. The van der Waals surface area contributed by atoms with Crippen LogP contribution in [0.1, 0.15) is 54.9 Å². The molecule has 1 saturated heterocycles. The number of amides is 1. The van der Waals surface area contributed by atoms with E-state index in [-0.39, 0.29) is 23.7 Å². The Morgan fingerprint density at radius 1 is 1.07 bits per heavy atom. The first kappa shape index (κ1) is 30.7. The number of carbonyl (C=O) groups excluding carboxylic acids is 1. The number of imidazole rings is 1. The van der Waals surface area contributed by atoms with Gasteiger partial charge in [-0.15, -0.1) is 13.2 Å². The van der Waals surface area contributed by atoms with Crippen molar-refractivity contribution in [3.05, 3.63) is 89.4 Å². The van der Waals surface area contributed by atoms with Crippen molar-refractivity contribution in [2.45, 2.75) is 58.0 Å². The Balaban J connectivity index is 1.15. The Kier molecular flexibility index (Phi) is 8.09. The summed E-state index contributed by atoms with van der Waals surface area (Å²) < 4.78 is 72.8. The number of nitrogens with one attached hydrogen (secondary N) is 1. The highest BCUT2D eigenvalue weighted by Gasteiger charge is 2.59. The van der Waals surface area contributed by atoms with Gasteiger partial charge < -0.3 is 19.9 Å². The molecule has 2 aromatic carbocycles. The fourth-order valence-electron chi connectivity index (χ4n) is 6.71. The molecule has 4 aromatic rings. The molecule has 1 amide bonds. The van der Waals surface area contributed by atoms with E-state index < -0.39 is 18.0 Å². The lowest BCUT2D eigenvalue weighted by Gasteiger charge is -2.45. The molecule has 1 aliphatic carbocycles. The van der Waals surface area contributed by atoms with Gasteiger partial charge in [0.2, 0.25) is 0 Å². The van der Waals surface area contributed by atoms with Gasteiger partial charge in [0, 0.05) is 44.1 Å². The van der Waals surface area contributed by atoms with E-state index >= 15 is 4.39 Å². The second-order valence-corrected chi connectivity index (χ2v) is 11.7. The average molecular weight is 628 g/mol. The minimum Gasteiger partial charge on any atom is -0.406 e. The van der Waals surface area contributed by atoms with Gasteiger partial charge >= 0.3 is 6.36 Å². The SMILES string of the molecule is CCC[C@H]1C[C@]12CN(c1ccc(CNC(=O)c3c(CC)nc4cc(F)ccn34)cc1F)CCN2c1ccc(OC(F)(F)F)cc1. The Labute approximate surface area is 257 Å². The Hall–Kier alpha value is -4.35. The Morgan fingerprint density at radius 3 is 2.53 bits per heavy atom. The second-order valence-electron chi connectivity index (χ2n) is 11.7. The predicted octanol–water partition coefficient (Wildman–Crippen LogP) is 6.89. The number of anilines is 2. The van der Waals surface area contributed by atoms with Crippen molar-refractivity contribution >= 4 is 22.9 Å². The lowest BCUT2D eigenvalue weighted by atomic mass is 10.0. The third kappa shape index (κ3) is 6.14. The van der Waals surface area contributed by atoms with Crippen LogP contribution in [0.25, 0.3) is 5.65 Å². The smallest absolute Gasteiger partial charge is 0.406 e. The summed E-state index contributed by atoms with van der Waals surface area (Å²) in [5.41, 5.74) is 2.84. The molecule has 3 heterocycles. The molecule has 2 fully saturated rings.